The fourth-order valence-electron chi connectivity index (χ4n) is 5.48. The van der Waals surface area contributed by atoms with Crippen molar-refractivity contribution in [1.29, 1.82) is 0 Å². The third-order valence-electron chi connectivity index (χ3n) is 7.41. The first-order valence-electron chi connectivity index (χ1n) is 12.2. The number of methoxy groups -OCH3 is 1. The molecule has 1 atom stereocenters. The van der Waals surface area contributed by atoms with Crippen LogP contribution in [-0.4, -0.2) is 40.6 Å². The van der Waals surface area contributed by atoms with Crippen molar-refractivity contribution in [3.63, 3.8) is 0 Å². The molecule has 3 heterocycles. The van der Waals surface area contributed by atoms with Crippen molar-refractivity contribution in [2.75, 3.05) is 18.6 Å². The lowest BCUT2D eigenvalue weighted by molar-refractivity contribution is 0.00598. The molecule has 0 radical (unpaired) electrons. The highest BCUT2D eigenvalue weighted by molar-refractivity contribution is 5.90. The van der Waals surface area contributed by atoms with Crippen LogP contribution in [-0.2, 0) is 9.47 Å². The molecule has 37 heavy (non-hydrogen) atoms. The summed E-state index contributed by atoms with van der Waals surface area (Å²) in [6.07, 6.45) is 1.59. The maximum Gasteiger partial charge on any atom is 0.414 e. The Morgan fingerprint density at radius 3 is 2.59 bits per heavy atom. The quantitative estimate of drug-likeness (QED) is 0.328. The summed E-state index contributed by atoms with van der Waals surface area (Å²) < 4.78 is 46.2. The van der Waals surface area contributed by atoms with Gasteiger partial charge in [0.2, 0.25) is 0 Å². The number of hydrogen-bond acceptors (Lipinski definition) is 6. The minimum atomic E-state index is -1.03. The standard InChI is InChI=1S/C27H26F2N4O4/c1-14-25(15(2)37-31-14)16-4-7-23-22(10-16)30-26(32(23)18-11-19(12-18)35-3)24-8-9-36-27(34)33(24)17-5-6-20(28)21(29)13-17/h4-7,10,13,18-19,24H,8-9,11-12H2,1-3H3/t18-,19+,24-/m0/s1. The molecule has 1 amide bonds. The first kappa shape index (κ1) is 23.6. The molecule has 1 aliphatic heterocycles. The highest BCUT2D eigenvalue weighted by Gasteiger charge is 2.40. The third kappa shape index (κ3) is 3.87. The summed E-state index contributed by atoms with van der Waals surface area (Å²) in [4.78, 5) is 19.3. The van der Waals surface area contributed by atoms with E-state index in [4.69, 9.17) is 19.0 Å². The molecule has 0 spiro atoms. The number of nitrogens with zero attached hydrogens (tertiary/aromatic N) is 4. The minimum Gasteiger partial charge on any atom is -0.449 e. The molecule has 10 heteroatoms. The van der Waals surface area contributed by atoms with Gasteiger partial charge in [0, 0.05) is 31.2 Å². The highest BCUT2D eigenvalue weighted by Crippen LogP contribution is 2.43. The number of anilines is 1. The van der Waals surface area contributed by atoms with Crippen LogP contribution in [0.3, 0.4) is 0 Å². The first-order chi connectivity index (χ1) is 17.9. The van der Waals surface area contributed by atoms with Gasteiger partial charge in [-0.25, -0.2) is 18.6 Å². The van der Waals surface area contributed by atoms with Crippen LogP contribution < -0.4 is 4.90 Å². The smallest absolute Gasteiger partial charge is 0.414 e. The van der Waals surface area contributed by atoms with Crippen LogP contribution in [0.1, 0.15) is 48.6 Å². The fourth-order valence-corrected chi connectivity index (χ4v) is 5.48. The zero-order valence-corrected chi connectivity index (χ0v) is 20.7. The zero-order chi connectivity index (χ0) is 25.8. The van der Waals surface area contributed by atoms with Gasteiger partial charge in [0.15, 0.2) is 11.6 Å². The van der Waals surface area contributed by atoms with Crippen LogP contribution in [0.2, 0.25) is 0 Å². The van der Waals surface area contributed by atoms with Gasteiger partial charge < -0.3 is 18.6 Å². The molecule has 2 aliphatic rings. The van der Waals surface area contributed by atoms with Crippen molar-refractivity contribution in [1.82, 2.24) is 14.7 Å². The summed E-state index contributed by atoms with van der Waals surface area (Å²) in [6, 6.07) is 9.05. The second-order valence-corrected chi connectivity index (χ2v) is 9.61. The van der Waals surface area contributed by atoms with E-state index in [0.29, 0.717) is 12.2 Å². The monoisotopic (exact) mass is 508 g/mol. The Bertz CT molecular complexity index is 1490. The number of imidazole rings is 1. The topological polar surface area (TPSA) is 82.6 Å². The number of amides is 1. The van der Waals surface area contributed by atoms with Crippen molar-refractivity contribution in [3.8, 4) is 11.1 Å². The van der Waals surface area contributed by atoms with Gasteiger partial charge in [-0.3, -0.25) is 4.90 Å². The number of carbonyl (C=O) groups is 1. The fraction of sp³-hybridized carbons (Fsp3) is 0.370. The van der Waals surface area contributed by atoms with Crippen molar-refractivity contribution in [3.05, 3.63) is 65.3 Å². The van der Waals surface area contributed by atoms with Crippen molar-refractivity contribution < 1.29 is 27.6 Å². The van der Waals surface area contributed by atoms with E-state index in [-0.39, 0.29) is 24.4 Å². The molecule has 2 fully saturated rings. The maximum atomic E-state index is 14.2. The summed E-state index contributed by atoms with van der Waals surface area (Å²) in [5.74, 6) is -0.621. The molecule has 0 bridgehead atoms. The summed E-state index contributed by atoms with van der Waals surface area (Å²) in [7, 11) is 1.70. The Balaban J connectivity index is 1.50. The van der Waals surface area contributed by atoms with Crippen LogP contribution in [0, 0.1) is 25.5 Å². The Morgan fingerprint density at radius 2 is 1.89 bits per heavy atom. The van der Waals surface area contributed by atoms with E-state index in [0.717, 1.165) is 58.6 Å². The molecule has 1 saturated carbocycles. The van der Waals surface area contributed by atoms with Gasteiger partial charge in [-0.1, -0.05) is 11.2 Å². The second-order valence-electron chi connectivity index (χ2n) is 9.61. The molecule has 1 aliphatic carbocycles. The Morgan fingerprint density at radius 1 is 1.08 bits per heavy atom. The van der Waals surface area contributed by atoms with Crippen molar-refractivity contribution in [2.45, 2.75) is 51.3 Å². The van der Waals surface area contributed by atoms with E-state index in [1.807, 2.05) is 32.0 Å². The van der Waals surface area contributed by atoms with E-state index in [9.17, 15) is 13.6 Å². The average molecular weight is 509 g/mol. The number of cyclic esters (lactones) is 1. The van der Waals surface area contributed by atoms with Crippen molar-refractivity contribution in [2.24, 2.45) is 0 Å². The zero-order valence-electron chi connectivity index (χ0n) is 20.7. The molecular weight excluding hydrogens is 482 g/mol. The molecular formula is C27H26F2N4O4. The van der Waals surface area contributed by atoms with Gasteiger partial charge in [-0.15, -0.1) is 0 Å². The predicted octanol–water partition coefficient (Wildman–Crippen LogP) is 6.02. The number of hydrogen-bond donors (Lipinski definition) is 0. The maximum absolute atomic E-state index is 14.2. The number of halogens is 2. The molecule has 0 N–H and O–H groups in total. The summed E-state index contributed by atoms with van der Waals surface area (Å²) in [5, 5.41) is 4.07. The second kappa shape index (κ2) is 8.95. The van der Waals surface area contributed by atoms with Gasteiger partial charge in [0.1, 0.15) is 17.6 Å². The summed E-state index contributed by atoms with van der Waals surface area (Å²) >= 11 is 0. The Labute approximate surface area is 211 Å². The first-order valence-corrected chi connectivity index (χ1v) is 12.2. The number of rotatable bonds is 5. The third-order valence-corrected chi connectivity index (χ3v) is 7.41. The van der Waals surface area contributed by atoms with Crippen LogP contribution >= 0.6 is 0 Å². The number of aromatic nitrogens is 3. The minimum absolute atomic E-state index is 0.125. The van der Waals surface area contributed by atoms with E-state index in [2.05, 4.69) is 9.72 Å². The SMILES string of the molecule is CO[C@H]1C[C@@H](n2c([C@@H]3CCOC(=O)N3c3ccc(F)c(F)c3)nc3cc(-c4c(C)noc4C)ccc32)C1. The molecule has 192 valence electrons. The largest absolute Gasteiger partial charge is 0.449 e. The van der Waals surface area contributed by atoms with Crippen LogP contribution in [0.5, 0.6) is 0 Å². The van der Waals surface area contributed by atoms with E-state index < -0.39 is 23.8 Å². The predicted molar refractivity (Wildman–Crippen MR) is 131 cm³/mol. The molecule has 2 aromatic carbocycles. The molecule has 8 nitrogen and oxygen atoms in total. The molecule has 4 aromatic rings. The van der Waals surface area contributed by atoms with Crippen LogP contribution in [0.4, 0.5) is 19.3 Å². The number of carbonyl (C=O) groups excluding carboxylic acids is 1. The van der Waals surface area contributed by atoms with Crippen LogP contribution in [0.15, 0.2) is 40.9 Å². The van der Waals surface area contributed by atoms with E-state index in [1.54, 1.807) is 7.11 Å². The molecule has 0 unspecified atom stereocenters. The number of ether oxygens (including phenoxy) is 2. The lowest BCUT2D eigenvalue weighted by Gasteiger charge is -2.39. The van der Waals surface area contributed by atoms with E-state index >= 15 is 0 Å². The van der Waals surface area contributed by atoms with Gasteiger partial charge in [-0.2, -0.15) is 0 Å². The lowest BCUT2D eigenvalue weighted by atomic mass is 9.88. The van der Waals surface area contributed by atoms with Crippen molar-refractivity contribution >= 4 is 22.8 Å². The summed E-state index contributed by atoms with van der Waals surface area (Å²) in [5.41, 5.74) is 4.55. The van der Waals surface area contributed by atoms with Crippen LogP contribution in [0.25, 0.3) is 22.2 Å². The van der Waals surface area contributed by atoms with Gasteiger partial charge in [0.25, 0.3) is 0 Å². The number of fused-ring (bicyclic) bond motifs is 1. The van der Waals surface area contributed by atoms with Gasteiger partial charge in [-0.05, 0) is 56.5 Å². The van der Waals surface area contributed by atoms with E-state index in [1.165, 1.54) is 11.0 Å². The van der Waals surface area contributed by atoms with Gasteiger partial charge in [0.05, 0.1) is 35.1 Å². The highest BCUT2D eigenvalue weighted by atomic mass is 19.2. The number of benzene rings is 2. The molecule has 2 aromatic heterocycles. The summed E-state index contributed by atoms with van der Waals surface area (Å²) in [6.45, 7) is 3.96. The average Bonchev–Trinajstić information content (AvgIpc) is 3.39. The normalized spacial score (nSPS) is 21.8. The Hall–Kier alpha value is -3.79. The molecule has 1 saturated heterocycles. The lowest BCUT2D eigenvalue weighted by Crippen LogP contribution is -2.43. The number of aryl methyl sites for hydroxylation is 2. The molecule has 6 rings (SSSR count). The van der Waals surface area contributed by atoms with Gasteiger partial charge >= 0.3 is 6.09 Å². The Kier molecular flexibility index (Phi) is 5.71.